The first kappa shape index (κ1) is 13.9. The third kappa shape index (κ3) is 4.23. The number of likely N-dealkylation sites (tertiary alicyclic amines) is 1. The lowest BCUT2D eigenvalue weighted by Gasteiger charge is -2.15. The fourth-order valence-electron chi connectivity index (χ4n) is 2.28. The minimum absolute atomic E-state index is 0.380. The van der Waals surface area contributed by atoms with Crippen molar-refractivity contribution in [1.29, 1.82) is 5.26 Å². The van der Waals surface area contributed by atoms with Crippen LogP contribution in [0.2, 0.25) is 0 Å². The van der Waals surface area contributed by atoms with Crippen LogP contribution in [0, 0.1) is 11.3 Å². The Morgan fingerprint density at radius 2 is 2.16 bits per heavy atom. The molecule has 1 unspecified atom stereocenters. The van der Waals surface area contributed by atoms with Gasteiger partial charge in [-0.15, -0.1) is 0 Å². The SMILES string of the molecule is COC1CCN(CCOc2ccc(CC#N)cc2)C1. The van der Waals surface area contributed by atoms with E-state index in [9.17, 15) is 0 Å². The van der Waals surface area contributed by atoms with E-state index in [1.165, 1.54) is 0 Å². The molecule has 4 heteroatoms. The fourth-order valence-corrected chi connectivity index (χ4v) is 2.28. The molecule has 1 fully saturated rings. The van der Waals surface area contributed by atoms with Gasteiger partial charge in [-0.25, -0.2) is 0 Å². The van der Waals surface area contributed by atoms with Crippen molar-refractivity contribution in [3.8, 4) is 11.8 Å². The standard InChI is InChI=1S/C15H20N2O2/c1-18-15-7-9-17(12-15)10-11-19-14-4-2-13(3-5-14)6-8-16/h2-5,15H,6-7,9-12H2,1H3. The Labute approximate surface area is 114 Å². The second-order valence-electron chi connectivity index (χ2n) is 4.77. The van der Waals surface area contributed by atoms with Crippen molar-refractivity contribution in [2.24, 2.45) is 0 Å². The van der Waals surface area contributed by atoms with Gasteiger partial charge in [0.1, 0.15) is 12.4 Å². The fraction of sp³-hybridized carbons (Fsp3) is 0.533. The zero-order valence-electron chi connectivity index (χ0n) is 11.3. The average molecular weight is 260 g/mol. The van der Waals surface area contributed by atoms with Gasteiger partial charge >= 0.3 is 0 Å². The lowest BCUT2D eigenvalue weighted by Crippen LogP contribution is -2.27. The molecule has 0 aliphatic carbocycles. The molecule has 0 amide bonds. The van der Waals surface area contributed by atoms with Crippen LogP contribution in [-0.4, -0.2) is 44.4 Å². The summed E-state index contributed by atoms with van der Waals surface area (Å²) < 4.78 is 11.0. The quantitative estimate of drug-likeness (QED) is 0.783. The van der Waals surface area contributed by atoms with Crippen molar-refractivity contribution in [1.82, 2.24) is 4.90 Å². The van der Waals surface area contributed by atoms with Crippen LogP contribution in [0.4, 0.5) is 0 Å². The molecule has 4 nitrogen and oxygen atoms in total. The van der Waals surface area contributed by atoms with Gasteiger partial charge in [-0.3, -0.25) is 4.90 Å². The van der Waals surface area contributed by atoms with Gasteiger partial charge in [0, 0.05) is 26.7 Å². The Kier molecular flexibility index (Phi) is 5.20. The second kappa shape index (κ2) is 7.13. The molecule has 1 aliphatic rings. The Balaban J connectivity index is 1.69. The molecule has 1 aliphatic heterocycles. The van der Waals surface area contributed by atoms with Crippen molar-refractivity contribution in [2.75, 3.05) is 33.4 Å². The molecule has 1 saturated heterocycles. The second-order valence-corrected chi connectivity index (χ2v) is 4.77. The highest BCUT2D eigenvalue weighted by atomic mass is 16.5. The van der Waals surface area contributed by atoms with Gasteiger partial charge in [0.05, 0.1) is 18.6 Å². The summed E-state index contributed by atoms with van der Waals surface area (Å²) in [4.78, 5) is 2.36. The van der Waals surface area contributed by atoms with E-state index < -0.39 is 0 Å². The summed E-state index contributed by atoms with van der Waals surface area (Å²) >= 11 is 0. The number of benzene rings is 1. The third-order valence-electron chi connectivity index (χ3n) is 3.45. The van der Waals surface area contributed by atoms with Crippen LogP contribution in [-0.2, 0) is 11.2 Å². The molecule has 1 heterocycles. The van der Waals surface area contributed by atoms with E-state index in [1.807, 2.05) is 24.3 Å². The predicted molar refractivity (Wildman–Crippen MR) is 73.1 cm³/mol. The van der Waals surface area contributed by atoms with Crippen molar-refractivity contribution in [3.63, 3.8) is 0 Å². The van der Waals surface area contributed by atoms with E-state index in [0.29, 0.717) is 19.1 Å². The molecule has 19 heavy (non-hydrogen) atoms. The normalized spacial score (nSPS) is 19.3. The van der Waals surface area contributed by atoms with Crippen LogP contribution in [0.5, 0.6) is 5.75 Å². The van der Waals surface area contributed by atoms with Gasteiger partial charge in [0.15, 0.2) is 0 Å². The summed E-state index contributed by atoms with van der Waals surface area (Å²) in [5.74, 6) is 0.865. The molecule has 2 rings (SSSR count). The van der Waals surface area contributed by atoms with Crippen LogP contribution in [0.25, 0.3) is 0 Å². The van der Waals surface area contributed by atoms with E-state index in [4.69, 9.17) is 14.7 Å². The maximum Gasteiger partial charge on any atom is 0.119 e. The minimum Gasteiger partial charge on any atom is -0.492 e. The van der Waals surface area contributed by atoms with Crippen molar-refractivity contribution in [3.05, 3.63) is 29.8 Å². The molecule has 0 radical (unpaired) electrons. The number of rotatable bonds is 6. The zero-order chi connectivity index (χ0) is 13.5. The topological polar surface area (TPSA) is 45.5 Å². The summed E-state index contributed by atoms with van der Waals surface area (Å²) in [5.41, 5.74) is 1.03. The molecule has 1 aromatic carbocycles. The number of nitriles is 1. The van der Waals surface area contributed by atoms with Crippen LogP contribution >= 0.6 is 0 Å². The first-order valence-corrected chi connectivity index (χ1v) is 6.65. The largest absolute Gasteiger partial charge is 0.492 e. The first-order chi connectivity index (χ1) is 9.31. The van der Waals surface area contributed by atoms with E-state index >= 15 is 0 Å². The molecule has 1 aromatic rings. The zero-order valence-corrected chi connectivity index (χ0v) is 11.3. The molecule has 0 N–H and O–H groups in total. The van der Waals surface area contributed by atoms with Gasteiger partial charge < -0.3 is 9.47 Å². The van der Waals surface area contributed by atoms with Crippen LogP contribution in [0.1, 0.15) is 12.0 Å². The van der Waals surface area contributed by atoms with Crippen LogP contribution in [0.15, 0.2) is 24.3 Å². The lowest BCUT2D eigenvalue weighted by atomic mass is 10.2. The average Bonchev–Trinajstić information content (AvgIpc) is 2.89. The van der Waals surface area contributed by atoms with Gasteiger partial charge in [-0.1, -0.05) is 12.1 Å². The summed E-state index contributed by atoms with van der Waals surface area (Å²) in [6.07, 6.45) is 1.94. The number of hydrogen-bond donors (Lipinski definition) is 0. The monoisotopic (exact) mass is 260 g/mol. The maximum absolute atomic E-state index is 8.60. The van der Waals surface area contributed by atoms with Gasteiger partial charge in [-0.2, -0.15) is 5.26 Å². The van der Waals surface area contributed by atoms with E-state index in [2.05, 4.69) is 11.0 Å². The highest BCUT2D eigenvalue weighted by Gasteiger charge is 2.21. The van der Waals surface area contributed by atoms with E-state index in [1.54, 1.807) is 7.11 Å². The molecular formula is C15H20N2O2. The Bertz CT molecular complexity index is 425. The molecule has 0 bridgehead atoms. The smallest absolute Gasteiger partial charge is 0.119 e. The van der Waals surface area contributed by atoms with E-state index in [0.717, 1.165) is 37.4 Å². The molecule has 102 valence electrons. The molecular weight excluding hydrogens is 240 g/mol. The number of methoxy groups -OCH3 is 1. The third-order valence-corrected chi connectivity index (χ3v) is 3.45. The number of hydrogen-bond acceptors (Lipinski definition) is 4. The molecule has 0 aromatic heterocycles. The Morgan fingerprint density at radius 3 is 2.79 bits per heavy atom. The summed E-state index contributed by atoms with van der Waals surface area (Å²) in [6, 6.07) is 9.86. The van der Waals surface area contributed by atoms with Gasteiger partial charge in [0.25, 0.3) is 0 Å². The van der Waals surface area contributed by atoms with Gasteiger partial charge in [0.2, 0.25) is 0 Å². The lowest BCUT2D eigenvalue weighted by molar-refractivity contribution is 0.106. The summed E-state index contributed by atoms with van der Waals surface area (Å²) in [5, 5.41) is 8.60. The minimum atomic E-state index is 0.380. The Morgan fingerprint density at radius 1 is 1.37 bits per heavy atom. The number of nitrogens with zero attached hydrogens (tertiary/aromatic N) is 2. The molecule has 1 atom stereocenters. The van der Waals surface area contributed by atoms with Crippen LogP contribution < -0.4 is 4.74 Å². The van der Waals surface area contributed by atoms with Crippen molar-refractivity contribution >= 4 is 0 Å². The highest BCUT2D eigenvalue weighted by molar-refractivity contribution is 5.28. The molecule has 0 saturated carbocycles. The van der Waals surface area contributed by atoms with Crippen LogP contribution in [0.3, 0.4) is 0 Å². The first-order valence-electron chi connectivity index (χ1n) is 6.65. The summed E-state index contributed by atoms with van der Waals surface area (Å²) in [7, 11) is 1.77. The van der Waals surface area contributed by atoms with Gasteiger partial charge in [-0.05, 0) is 24.1 Å². The summed E-state index contributed by atoms with van der Waals surface area (Å²) in [6.45, 7) is 3.71. The maximum atomic E-state index is 8.60. The Hall–Kier alpha value is -1.57. The van der Waals surface area contributed by atoms with Crippen molar-refractivity contribution < 1.29 is 9.47 Å². The number of ether oxygens (including phenoxy) is 2. The van der Waals surface area contributed by atoms with Crippen molar-refractivity contribution in [2.45, 2.75) is 18.9 Å². The molecule has 0 spiro atoms. The highest BCUT2D eigenvalue weighted by Crippen LogP contribution is 2.14. The van der Waals surface area contributed by atoms with E-state index in [-0.39, 0.29) is 0 Å². The predicted octanol–water partition coefficient (Wildman–Crippen LogP) is 1.85.